The number of ether oxygens (including phenoxy) is 1. The molecule has 2 rings (SSSR count). The maximum atomic E-state index is 13.1. The first-order valence-corrected chi connectivity index (χ1v) is 7.24. The van der Waals surface area contributed by atoms with E-state index in [4.69, 9.17) is 4.74 Å². The Morgan fingerprint density at radius 2 is 2.30 bits per heavy atom. The van der Waals surface area contributed by atoms with Gasteiger partial charge in [-0.05, 0) is 38.4 Å². The molecule has 0 N–H and O–H groups in total. The van der Waals surface area contributed by atoms with Crippen molar-refractivity contribution in [3.63, 3.8) is 0 Å². The van der Waals surface area contributed by atoms with E-state index < -0.39 is 0 Å². The normalized spacial score (nSPS) is 19.2. The average Bonchev–Trinajstić information content (AvgIpc) is 2.46. The number of likely N-dealkylation sites (N-methyl/N-ethyl adjacent to an activating group) is 1. The van der Waals surface area contributed by atoms with Crippen molar-refractivity contribution in [2.45, 2.75) is 31.8 Å². The number of nitrogens with zero attached hydrogens (tertiary/aromatic N) is 1. The number of carbonyl (C=O) groups is 1. The monoisotopic (exact) mass is 279 g/mol. The van der Waals surface area contributed by atoms with Gasteiger partial charge < -0.3 is 9.64 Å². The summed E-state index contributed by atoms with van der Waals surface area (Å²) >= 11 is 0. The Kier molecular flexibility index (Phi) is 5.68. The van der Waals surface area contributed by atoms with Crippen LogP contribution in [0.5, 0.6) is 0 Å². The standard InChI is InChI=1S/C16H22FNO2/c1-18(12-15-7-2-3-10-20-15)9-8-16(19)13-5-4-6-14(17)11-13/h4-6,11,15H,2-3,7-10,12H2,1H3. The van der Waals surface area contributed by atoms with Gasteiger partial charge in [-0.1, -0.05) is 12.1 Å². The van der Waals surface area contributed by atoms with Crippen LogP contribution in [0.3, 0.4) is 0 Å². The van der Waals surface area contributed by atoms with Crippen molar-refractivity contribution < 1.29 is 13.9 Å². The quantitative estimate of drug-likeness (QED) is 0.750. The van der Waals surface area contributed by atoms with Crippen molar-refractivity contribution in [3.05, 3.63) is 35.6 Å². The van der Waals surface area contributed by atoms with Crippen LogP contribution in [0.2, 0.25) is 0 Å². The zero-order valence-corrected chi connectivity index (χ0v) is 12.0. The second-order valence-electron chi connectivity index (χ2n) is 5.43. The first kappa shape index (κ1) is 15.1. The lowest BCUT2D eigenvalue weighted by Gasteiger charge is -2.27. The van der Waals surface area contributed by atoms with E-state index in [2.05, 4.69) is 4.90 Å². The molecule has 0 bridgehead atoms. The third-order valence-corrected chi connectivity index (χ3v) is 3.66. The van der Waals surface area contributed by atoms with E-state index in [9.17, 15) is 9.18 Å². The number of hydrogen-bond donors (Lipinski definition) is 0. The molecule has 1 aromatic rings. The minimum Gasteiger partial charge on any atom is -0.377 e. The fourth-order valence-electron chi connectivity index (χ4n) is 2.49. The van der Waals surface area contributed by atoms with Gasteiger partial charge in [0.1, 0.15) is 5.82 Å². The maximum absolute atomic E-state index is 13.1. The van der Waals surface area contributed by atoms with E-state index in [1.807, 2.05) is 7.05 Å². The molecule has 0 aliphatic carbocycles. The van der Waals surface area contributed by atoms with Gasteiger partial charge in [0, 0.05) is 31.7 Å². The van der Waals surface area contributed by atoms with Gasteiger partial charge in [0.05, 0.1) is 6.10 Å². The Morgan fingerprint density at radius 3 is 3.00 bits per heavy atom. The second-order valence-corrected chi connectivity index (χ2v) is 5.43. The Balaban J connectivity index is 1.75. The van der Waals surface area contributed by atoms with Crippen LogP contribution in [-0.4, -0.2) is 43.5 Å². The molecule has 1 aromatic carbocycles. The van der Waals surface area contributed by atoms with Gasteiger partial charge in [0.2, 0.25) is 0 Å². The largest absolute Gasteiger partial charge is 0.377 e. The molecule has 1 aliphatic heterocycles. The number of Topliss-reactive ketones (excluding diaryl/α,β-unsaturated/α-hetero) is 1. The molecule has 4 heteroatoms. The lowest BCUT2D eigenvalue weighted by atomic mass is 10.1. The Morgan fingerprint density at radius 1 is 1.45 bits per heavy atom. The summed E-state index contributed by atoms with van der Waals surface area (Å²) in [7, 11) is 2.00. The summed E-state index contributed by atoms with van der Waals surface area (Å²) in [4.78, 5) is 14.1. The molecule has 1 heterocycles. The van der Waals surface area contributed by atoms with Crippen LogP contribution in [0, 0.1) is 5.82 Å². The molecule has 0 saturated carbocycles. The van der Waals surface area contributed by atoms with Gasteiger partial charge in [0.15, 0.2) is 5.78 Å². The van der Waals surface area contributed by atoms with E-state index in [1.165, 1.54) is 18.6 Å². The zero-order valence-electron chi connectivity index (χ0n) is 12.0. The molecule has 1 unspecified atom stereocenters. The van der Waals surface area contributed by atoms with Crippen molar-refractivity contribution in [1.29, 1.82) is 0 Å². The summed E-state index contributed by atoms with van der Waals surface area (Å²) in [5, 5.41) is 0. The topological polar surface area (TPSA) is 29.5 Å². The third-order valence-electron chi connectivity index (χ3n) is 3.66. The van der Waals surface area contributed by atoms with Crippen LogP contribution in [-0.2, 0) is 4.74 Å². The van der Waals surface area contributed by atoms with Crippen molar-refractivity contribution in [2.24, 2.45) is 0 Å². The first-order chi connectivity index (χ1) is 9.65. The summed E-state index contributed by atoms with van der Waals surface area (Å²) < 4.78 is 18.7. The van der Waals surface area contributed by atoms with Crippen molar-refractivity contribution >= 4 is 5.78 Å². The van der Waals surface area contributed by atoms with E-state index in [0.29, 0.717) is 18.5 Å². The second kappa shape index (κ2) is 7.50. The van der Waals surface area contributed by atoms with Crippen molar-refractivity contribution in [2.75, 3.05) is 26.7 Å². The minimum absolute atomic E-state index is 0.0130. The van der Waals surface area contributed by atoms with E-state index >= 15 is 0 Å². The summed E-state index contributed by atoms with van der Waals surface area (Å²) in [6, 6.07) is 5.88. The highest BCUT2D eigenvalue weighted by atomic mass is 19.1. The SMILES string of the molecule is CN(CCC(=O)c1cccc(F)c1)CC1CCCCO1. The lowest BCUT2D eigenvalue weighted by Crippen LogP contribution is -2.34. The van der Waals surface area contributed by atoms with Gasteiger partial charge in [0.25, 0.3) is 0 Å². The van der Waals surface area contributed by atoms with E-state index in [1.54, 1.807) is 12.1 Å². The number of carbonyl (C=O) groups excluding carboxylic acids is 1. The molecular formula is C16H22FNO2. The molecule has 0 radical (unpaired) electrons. The average molecular weight is 279 g/mol. The molecule has 110 valence electrons. The van der Waals surface area contributed by atoms with Gasteiger partial charge in [-0.25, -0.2) is 4.39 Å². The molecule has 0 aromatic heterocycles. The highest BCUT2D eigenvalue weighted by Gasteiger charge is 2.16. The van der Waals surface area contributed by atoms with Crippen molar-refractivity contribution in [1.82, 2.24) is 4.90 Å². The predicted octanol–water partition coefficient (Wildman–Crippen LogP) is 2.90. The summed E-state index contributed by atoms with van der Waals surface area (Å²) in [6.07, 6.45) is 4.17. The van der Waals surface area contributed by atoms with Gasteiger partial charge in [-0.2, -0.15) is 0 Å². The van der Waals surface area contributed by atoms with Gasteiger partial charge in [-0.15, -0.1) is 0 Å². The Hall–Kier alpha value is -1.26. The third kappa shape index (κ3) is 4.69. The summed E-state index contributed by atoms with van der Waals surface area (Å²) in [6.45, 7) is 2.38. The molecule has 3 nitrogen and oxygen atoms in total. The molecule has 0 amide bonds. The van der Waals surface area contributed by atoms with Crippen LogP contribution in [0.15, 0.2) is 24.3 Å². The van der Waals surface area contributed by atoms with Crippen LogP contribution in [0.25, 0.3) is 0 Å². The smallest absolute Gasteiger partial charge is 0.164 e. The van der Waals surface area contributed by atoms with Crippen LogP contribution >= 0.6 is 0 Å². The summed E-state index contributed by atoms with van der Waals surface area (Å²) in [5.74, 6) is -0.374. The lowest BCUT2D eigenvalue weighted by molar-refractivity contribution is -0.00144. The molecule has 20 heavy (non-hydrogen) atoms. The molecule has 1 atom stereocenters. The van der Waals surface area contributed by atoms with Gasteiger partial charge in [-0.3, -0.25) is 4.79 Å². The van der Waals surface area contributed by atoms with Crippen LogP contribution < -0.4 is 0 Å². The number of ketones is 1. The van der Waals surface area contributed by atoms with Gasteiger partial charge >= 0.3 is 0 Å². The minimum atomic E-state index is -0.361. The molecule has 0 spiro atoms. The number of halogens is 1. The maximum Gasteiger partial charge on any atom is 0.164 e. The van der Waals surface area contributed by atoms with Crippen LogP contribution in [0.1, 0.15) is 36.0 Å². The number of rotatable bonds is 6. The van der Waals surface area contributed by atoms with E-state index in [0.717, 1.165) is 26.0 Å². The summed E-state index contributed by atoms with van der Waals surface area (Å²) in [5.41, 5.74) is 0.451. The fraction of sp³-hybridized carbons (Fsp3) is 0.562. The molecule has 1 fully saturated rings. The van der Waals surface area contributed by atoms with E-state index in [-0.39, 0.29) is 17.7 Å². The number of benzene rings is 1. The number of hydrogen-bond acceptors (Lipinski definition) is 3. The highest BCUT2D eigenvalue weighted by Crippen LogP contribution is 2.14. The fourth-order valence-corrected chi connectivity index (χ4v) is 2.49. The molecule has 1 saturated heterocycles. The van der Waals surface area contributed by atoms with Crippen LogP contribution in [0.4, 0.5) is 4.39 Å². The molecular weight excluding hydrogens is 257 g/mol. The highest BCUT2D eigenvalue weighted by molar-refractivity contribution is 5.96. The van der Waals surface area contributed by atoms with Crippen molar-refractivity contribution in [3.8, 4) is 0 Å². The first-order valence-electron chi connectivity index (χ1n) is 7.24. The zero-order chi connectivity index (χ0) is 14.4. The Labute approximate surface area is 119 Å². The predicted molar refractivity (Wildman–Crippen MR) is 76.4 cm³/mol. The Bertz CT molecular complexity index is 444. The molecule has 1 aliphatic rings.